The molecule has 0 aliphatic heterocycles. The van der Waals surface area contributed by atoms with Gasteiger partial charge in [0.1, 0.15) is 5.58 Å². The Labute approximate surface area is 159 Å². The number of thioether (sulfide) groups is 1. The number of hydrogen-bond acceptors (Lipinski definition) is 7. The lowest BCUT2D eigenvalue weighted by Crippen LogP contribution is -2.15. The molecule has 0 bridgehead atoms. The van der Waals surface area contributed by atoms with Crippen molar-refractivity contribution in [3.8, 4) is 0 Å². The molecule has 136 valence electrons. The number of benzene rings is 1. The van der Waals surface area contributed by atoms with Gasteiger partial charge in [0.05, 0.1) is 5.39 Å². The van der Waals surface area contributed by atoms with Crippen LogP contribution in [0.3, 0.4) is 0 Å². The van der Waals surface area contributed by atoms with Gasteiger partial charge in [-0.3, -0.25) is 14.9 Å². The van der Waals surface area contributed by atoms with Gasteiger partial charge in [0.2, 0.25) is 5.13 Å². The van der Waals surface area contributed by atoms with Crippen LogP contribution in [0, 0.1) is 13.8 Å². The van der Waals surface area contributed by atoms with Gasteiger partial charge in [0.25, 0.3) is 5.91 Å². The number of aromatic nitrogens is 2. The normalized spacial score (nSPS) is 11.0. The lowest BCUT2D eigenvalue weighted by molar-refractivity contribution is 0.0997. The Hall–Kier alpha value is -2.19. The topological polar surface area (TPSA) is 85.1 Å². The molecule has 0 spiro atoms. The number of fused-ring (bicyclic) bond motifs is 1. The van der Waals surface area contributed by atoms with Crippen LogP contribution in [0.25, 0.3) is 11.0 Å². The van der Waals surface area contributed by atoms with E-state index in [2.05, 4.69) is 22.4 Å². The molecule has 1 N–H and O–H groups in total. The summed E-state index contributed by atoms with van der Waals surface area (Å²) in [7, 11) is 0. The number of nitrogens with zero attached hydrogens (tertiary/aromatic N) is 2. The number of carbonyl (C=O) groups is 1. The van der Waals surface area contributed by atoms with E-state index in [1.54, 1.807) is 23.9 Å². The molecule has 0 radical (unpaired) electrons. The first-order chi connectivity index (χ1) is 12.5. The molecular weight excluding hydrogens is 370 g/mol. The monoisotopic (exact) mass is 389 g/mol. The van der Waals surface area contributed by atoms with Gasteiger partial charge >= 0.3 is 0 Å². The molecule has 1 amide bonds. The Morgan fingerprint density at radius 1 is 1.23 bits per heavy atom. The highest BCUT2D eigenvalue weighted by Crippen LogP contribution is 2.26. The number of unbranched alkanes of at least 4 members (excludes halogenated alkanes) is 1. The number of hydrogen-bond donors (Lipinski definition) is 1. The number of amides is 1. The Bertz CT molecular complexity index is 1010. The molecule has 0 saturated heterocycles. The predicted molar refractivity (Wildman–Crippen MR) is 105 cm³/mol. The maximum absolute atomic E-state index is 12.4. The quantitative estimate of drug-likeness (QED) is 0.382. The summed E-state index contributed by atoms with van der Waals surface area (Å²) in [5.41, 5.74) is 2.16. The minimum Gasteiger partial charge on any atom is -0.451 e. The third kappa shape index (κ3) is 4.13. The maximum atomic E-state index is 12.4. The van der Waals surface area contributed by atoms with Gasteiger partial charge in [-0.15, -0.1) is 10.2 Å². The molecule has 8 heteroatoms. The van der Waals surface area contributed by atoms with Crippen molar-refractivity contribution in [3.05, 3.63) is 45.3 Å². The zero-order valence-electron chi connectivity index (χ0n) is 14.8. The first kappa shape index (κ1) is 18.6. The summed E-state index contributed by atoms with van der Waals surface area (Å²) in [6, 6.07) is 4.77. The van der Waals surface area contributed by atoms with Crippen LogP contribution in [0.4, 0.5) is 5.13 Å². The molecule has 6 nitrogen and oxygen atoms in total. The highest BCUT2D eigenvalue weighted by molar-refractivity contribution is 8.01. The molecular formula is C18H19N3O3S2. The van der Waals surface area contributed by atoms with Crippen molar-refractivity contribution in [1.82, 2.24) is 10.2 Å². The van der Waals surface area contributed by atoms with E-state index in [9.17, 15) is 9.59 Å². The third-order valence-electron chi connectivity index (χ3n) is 3.92. The van der Waals surface area contributed by atoms with E-state index in [4.69, 9.17) is 4.42 Å². The van der Waals surface area contributed by atoms with Crippen molar-refractivity contribution in [3.63, 3.8) is 0 Å². The van der Waals surface area contributed by atoms with E-state index >= 15 is 0 Å². The first-order valence-electron chi connectivity index (χ1n) is 8.30. The van der Waals surface area contributed by atoms with Crippen LogP contribution in [0.2, 0.25) is 0 Å². The van der Waals surface area contributed by atoms with Crippen molar-refractivity contribution in [2.24, 2.45) is 0 Å². The second-order valence-corrected chi connectivity index (χ2v) is 8.26. The smallest absolute Gasteiger partial charge is 0.293 e. The Morgan fingerprint density at radius 2 is 2.00 bits per heavy atom. The van der Waals surface area contributed by atoms with Crippen LogP contribution in [0.1, 0.15) is 41.4 Å². The van der Waals surface area contributed by atoms with E-state index in [1.807, 2.05) is 13.8 Å². The van der Waals surface area contributed by atoms with Crippen LogP contribution in [0.15, 0.2) is 31.8 Å². The van der Waals surface area contributed by atoms with Gasteiger partial charge in [0.15, 0.2) is 15.5 Å². The molecule has 1 aromatic carbocycles. The summed E-state index contributed by atoms with van der Waals surface area (Å²) in [5.74, 6) is 0.418. The standard InChI is InChI=1S/C18H19N3O3S2/c1-4-5-6-25-18-21-20-17(26-18)19-16(23)15-9-13(22)12-7-10(2)11(3)8-14(12)24-15/h7-9H,4-6H2,1-3H3,(H,19,20,23). The molecule has 26 heavy (non-hydrogen) atoms. The van der Waals surface area contributed by atoms with Crippen LogP contribution in [0.5, 0.6) is 0 Å². The summed E-state index contributed by atoms with van der Waals surface area (Å²) in [4.78, 5) is 24.7. The average molecular weight is 390 g/mol. The average Bonchev–Trinajstić information content (AvgIpc) is 3.04. The molecule has 0 unspecified atom stereocenters. The van der Waals surface area contributed by atoms with Crippen LogP contribution in [-0.4, -0.2) is 21.9 Å². The Balaban J connectivity index is 1.80. The molecule has 2 heterocycles. The minimum atomic E-state index is -0.511. The van der Waals surface area contributed by atoms with Crippen molar-refractivity contribution in [1.29, 1.82) is 0 Å². The van der Waals surface area contributed by atoms with Gasteiger partial charge in [-0.05, 0) is 43.5 Å². The lowest BCUT2D eigenvalue weighted by atomic mass is 10.1. The molecule has 0 saturated carbocycles. The third-order valence-corrected chi connectivity index (χ3v) is 5.98. The Morgan fingerprint density at radius 3 is 2.77 bits per heavy atom. The van der Waals surface area contributed by atoms with E-state index in [0.717, 1.165) is 34.1 Å². The van der Waals surface area contributed by atoms with E-state index < -0.39 is 5.91 Å². The second-order valence-electron chi connectivity index (χ2n) is 5.94. The van der Waals surface area contributed by atoms with Crippen LogP contribution < -0.4 is 10.7 Å². The molecule has 3 rings (SSSR count). The SMILES string of the molecule is CCCCSc1nnc(NC(=O)c2cc(=O)c3cc(C)c(C)cc3o2)s1. The summed E-state index contributed by atoms with van der Waals surface area (Å²) >= 11 is 2.92. The first-order valence-corrected chi connectivity index (χ1v) is 10.1. The van der Waals surface area contributed by atoms with Gasteiger partial charge in [-0.25, -0.2) is 0 Å². The van der Waals surface area contributed by atoms with E-state index in [1.165, 1.54) is 17.4 Å². The van der Waals surface area contributed by atoms with Crippen molar-refractivity contribution in [2.45, 2.75) is 38.0 Å². The van der Waals surface area contributed by atoms with Gasteiger partial charge < -0.3 is 4.42 Å². The van der Waals surface area contributed by atoms with Gasteiger partial charge in [-0.1, -0.05) is 36.4 Å². The highest BCUT2D eigenvalue weighted by Gasteiger charge is 2.15. The Kier molecular flexibility index (Phi) is 5.73. The molecule has 0 fully saturated rings. The predicted octanol–water partition coefficient (Wildman–Crippen LogP) is 4.41. The fourth-order valence-electron chi connectivity index (χ4n) is 2.30. The van der Waals surface area contributed by atoms with Gasteiger partial charge in [0, 0.05) is 11.8 Å². The van der Waals surface area contributed by atoms with Crippen molar-refractivity contribution < 1.29 is 9.21 Å². The maximum Gasteiger partial charge on any atom is 0.293 e. The summed E-state index contributed by atoms with van der Waals surface area (Å²) in [6.07, 6.45) is 2.22. The number of nitrogens with one attached hydrogen (secondary N) is 1. The van der Waals surface area contributed by atoms with E-state index in [0.29, 0.717) is 16.1 Å². The largest absolute Gasteiger partial charge is 0.451 e. The lowest BCUT2D eigenvalue weighted by Gasteiger charge is -2.05. The fourth-order valence-corrected chi connectivity index (χ4v) is 4.21. The van der Waals surface area contributed by atoms with Crippen molar-refractivity contribution in [2.75, 3.05) is 11.1 Å². The van der Waals surface area contributed by atoms with Crippen LogP contribution >= 0.6 is 23.1 Å². The number of rotatable bonds is 6. The molecule has 0 aliphatic rings. The minimum absolute atomic E-state index is 0.0406. The van der Waals surface area contributed by atoms with E-state index in [-0.39, 0.29) is 11.2 Å². The molecule has 0 aliphatic carbocycles. The molecule has 3 aromatic rings. The molecule has 2 aromatic heterocycles. The van der Waals surface area contributed by atoms with Crippen LogP contribution in [-0.2, 0) is 0 Å². The van der Waals surface area contributed by atoms with Gasteiger partial charge in [-0.2, -0.15) is 0 Å². The summed E-state index contributed by atoms with van der Waals surface area (Å²) < 4.78 is 6.44. The fraction of sp³-hybridized carbons (Fsp3) is 0.333. The number of carbonyl (C=O) groups excluding carboxylic acids is 1. The number of anilines is 1. The van der Waals surface area contributed by atoms with Crippen molar-refractivity contribution >= 4 is 45.1 Å². The highest BCUT2D eigenvalue weighted by atomic mass is 32.2. The summed E-state index contributed by atoms with van der Waals surface area (Å²) in [6.45, 7) is 5.99. The molecule has 0 atom stereocenters. The number of aryl methyl sites for hydroxylation is 2. The zero-order valence-corrected chi connectivity index (χ0v) is 16.4. The second kappa shape index (κ2) is 8.01. The zero-order chi connectivity index (χ0) is 18.7. The summed E-state index contributed by atoms with van der Waals surface area (Å²) in [5, 5.41) is 11.5.